The van der Waals surface area contributed by atoms with Crippen molar-refractivity contribution in [2.45, 2.75) is 24.1 Å². The maximum atomic E-state index is 10.4. The maximum Gasteiger partial charge on any atom is 0.125 e. The predicted molar refractivity (Wildman–Crippen MR) is 60.5 cm³/mol. The molecule has 6 heteroatoms. The second-order valence-corrected chi connectivity index (χ2v) is 5.38. The van der Waals surface area contributed by atoms with Crippen molar-refractivity contribution in [3.05, 3.63) is 29.8 Å². The molecule has 0 aliphatic carbocycles. The van der Waals surface area contributed by atoms with E-state index in [1.54, 1.807) is 12.1 Å². The highest BCUT2D eigenvalue weighted by Crippen LogP contribution is 2.08. The molecule has 1 aromatic carbocycles. The molecule has 4 nitrogen and oxygen atoms in total. The van der Waals surface area contributed by atoms with E-state index in [1.807, 2.05) is 13.8 Å². The molecule has 1 aromatic rings. The molecular weight excluding hydrogens is 234 g/mol. The Bertz CT molecular complexity index is 382. The molecule has 0 bridgehead atoms. The number of benzene rings is 1. The van der Waals surface area contributed by atoms with E-state index >= 15 is 0 Å². The summed E-state index contributed by atoms with van der Waals surface area (Å²) in [5.74, 6) is 0. The molecule has 0 fully saturated rings. The molecule has 0 saturated heterocycles. The summed E-state index contributed by atoms with van der Waals surface area (Å²) >= 11 is 3.85. The summed E-state index contributed by atoms with van der Waals surface area (Å²) in [5.41, 5.74) is 4.43. The van der Waals surface area contributed by atoms with E-state index in [0.29, 0.717) is 0 Å². The molecule has 1 unspecified atom stereocenters. The summed E-state index contributed by atoms with van der Waals surface area (Å²) in [4.78, 5) is -0.178. The van der Waals surface area contributed by atoms with E-state index in [9.17, 15) is 13.0 Å². The smallest absolute Gasteiger partial charge is 0.125 e. The average Bonchev–Trinajstić information content (AvgIpc) is 2.01. The van der Waals surface area contributed by atoms with Crippen molar-refractivity contribution in [3.8, 4) is 0 Å². The number of aryl methyl sites for hydroxylation is 1. The lowest BCUT2D eigenvalue weighted by Crippen LogP contribution is -2.55. The van der Waals surface area contributed by atoms with E-state index in [4.69, 9.17) is 0 Å². The van der Waals surface area contributed by atoms with Gasteiger partial charge in [-0.05, 0) is 26.0 Å². The highest BCUT2D eigenvalue weighted by molar-refractivity contribution is 7.85. The van der Waals surface area contributed by atoms with E-state index in [1.165, 1.54) is 12.1 Å². The van der Waals surface area contributed by atoms with Gasteiger partial charge in [-0.15, -0.1) is 12.6 Å². The lowest BCUT2D eigenvalue weighted by molar-refractivity contribution is -0.379. The van der Waals surface area contributed by atoms with Crippen LogP contribution < -0.4 is 5.73 Å². The number of quaternary nitrogens is 1. The van der Waals surface area contributed by atoms with E-state index in [0.717, 1.165) is 5.56 Å². The zero-order chi connectivity index (χ0) is 12.1. The Labute approximate surface area is 95.7 Å². The van der Waals surface area contributed by atoms with Gasteiger partial charge in [-0.1, -0.05) is 17.7 Å². The van der Waals surface area contributed by atoms with Gasteiger partial charge < -0.3 is 10.3 Å². The fraction of sp³-hybridized carbons (Fsp3) is 0.333. The van der Waals surface area contributed by atoms with Crippen LogP contribution in [0.2, 0.25) is 0 Å². The Hall–Kier alpha value is -0.560. The molecule has 0 aliphatic rings. The van der Waals surface area contributed by atoms with E-state index < -0.39 is 10.1 Å². The second-order valence-electron chi connectivity index (χ2n) is 3.12. The van der Waals surface area contributed by atoms with Crippen LogP contribution in [-0.2, 0) is 10.1 Å². The van der Waals surface area contributed by atoms with Gasteiger partial charge in [-0.2, -0.15) is 0 Å². The third kappa shape index (κ3) is 7.38. The monoisotopic (exact) mass is 249 g/mol. The van der Waals surface area contributed by atoms with Gasteiger partial charge in [0, 0.05) is 0 Å². The zero-order valence-corrected chi connectivity index (χ0v) is 10.4. The Morgan fingerprint density at radius 1 is 1.33 bits per heavy atom. The molecule has 0 aromatic heterocycles. The Balaban J connectivity index is 0.000000423. The fourth-order valence-electron chi connectivity index (χ4n) is 0.705. The van der Waals surface area contributed by atoms with Crippen LogP contribution in [0.5, 0.6) is 0 Å². The standard InChI is InChI=1S/C7H8O3S.C2H7NS/c1-6-2-4-7(5-3-6)11(8,9)10;1-2(3)4/h2-5H,1H3,(H,8,9,10);2,4H,3H2,1H3. The van der Waals surface area contributed by atoms with Gasteiger partial charge in [0.1, 0.15) is 15.5 Å². The van der Waals surface area contributed by atoms with Crippen molar-refractivity contribution in [1.82, 2.24) is 0 Å². The summed E-state index contributed by atoms with van der Waals surface area (Å²) < 4.78 is 31.2. The van der Waals surface area contributed by atoms with Crippen LogP contribution in [0.4, 0.5) is 0 Å². The lowest BCUT2D eigenvalue weighted by Gasteiger charge is -2.05. The summed E-state index contributed by atoms with van der Waals surface area (Å²) in [5, 5.41) is 0.278. The van der Waals surface area contributed by atoms with Crippen molar-refractivity contribution in [2.75, 3.05) is 0 Å². The molecule has 86 valence electrons. The van der Waals surface area contributed by atoms with Gasteiger partial charge in [0.15, 0.2) is 0 Å². The highest BCUT2D eigenvalue weighted by Gasteiger charge is 1.97. The topological polar surface area (TPSA) is 84.8 Å². The van der Waals surface area contributed by atoms with E-state index in [-0.39, 0.29) is 10.3 Å². The first-order valence-electron chi connectivity index (χ1n) is 4.27. The van der Waals surface area contributed by atoms with Gasteiger partial charge >= 0.3 is 0 Å². The quantitative estimate of drug-likeness (QED) is 0.429. The van der Waals surface area contributed by atoms with Crippen LogP contribution in [0.1, 0.15) is 12.5 Å². The molecule has 3 N–H and O–H groups in total. The van der Waals surface area contributed by atoms with Crippen molar-refractivity contribution in [2.24, 2.45) is 0 Å². The minimum absolute atomic E-state index is 0.178. The first-order valence-corrected chi connectivity index (χ1v) is 6.19. The van der Waals surface area contributed by atoms with Crippen molar-refractivity contribution < 1.29 is 18.7 Å². The minimum atomic E-state index is -4.27. The summed E-state index contributed by atoms with van der Waals surface area (Å²) in [6.07, 6.45) is 0. The normalized spacial score (nSPS) is 12.6. The summed E-state index contributed by atoms with van der Waals surface area (Å²) in [7, 11) is -4.27. The van der Waals surface area contributed by atoms with Crippen molar-refractivity contribution in [1.29, 1.82) is 0 Å². The Morgan fingerprint density at radius 2 is 1.67 bits per heavy atom. The van der Waals surface area contributed by atoms with Gasteiger partial charge in [0.2, 0.25) is 0 Å². The minimum Gasteiger partial charge on any atom is -0.744 e. The number of hydrogen-bond acceptors (Lipinski definition) is 4. The summed E-state index contributed by atoms with van der Waals surface area (Å²) in [6, 6.07) is 5.78. The van der Waals surface area contributed by atoms with Crippen LogP contribution in [0.3, 0.4) is 0 Å². The molecule has 0 radical (unpaired) electrons. The van der Waals surface area contributed by atoms with Gasteiger partial charge in [-0.25, -0.2) is 8.42 Å². The Kier molecular flexibility index (Phi) is 5.89. The van der Waals surface area contributed by atoms with Crippen molar-refractivity contribution >= 4 is 22.7 Å². The van der Waals surface area contributed by atoms with Gasteiger partial charge in [-0.3, -0.25) is 0 Å². The van der Waals surface area contributed by atoms with Crippen LogP contribution in [0, 0.1) is 6.92 Å². The Morgan fingerprint density at radius 3 is 1.93 bits per heavy atom. The molecule has 0 amide bonds. The van der Waals surface area contributed by atoms with Crippen molar-refractivity contribution in [3.63, 3.8) is 0 Å². The van der Waals surface area contributed by atoms with E-state index in [2.05, 4.69) is 18.4 Å². The molecule has 1 atom stereocenters. The first-order chi connectivity index (χ1) is 6.73. The second kappa shape index (κ2) is 6.12. The average molecular weight is 249 g/mol. The zero-order valence-electron chi connectivity index (χ0n) is 8.67. The fourth-order valence-corrected chi connectivity index (χ4v) is 1.17. The maximum absolute atomic E-state index is 10.4. The van der Waals surface area contributed by atoms with Crippen LogP contribution >= 0.6 is 12.6 Å². The van der Waals surface area contributed by atoms with Gasteiger partial charge in [0.05, 0.1) is 4.90 Å². The highest BCUT2D eigenvalue weighted by atomic mass is 32.2. The predicted octanol–water partition coefficient (Wildman–Crippen LogP) is 0.403. The molecule has 0 spiro atoms. The van der Waals surface area contributed by atoms with Crippen LogP contribution in [0.15, 0.2) is 29.2 Å². The lowest BCUT2D eigenvalue weighted by atomic mass is 10.2. The van der Waals surface area contributed by atoms with Crippen LogP contribution in [-0.4, -0.2) is 18.3 Å². The first kappa shape index (κ1) is 14.4. The third-order valence-corrected chi connectivity index (χ3v) is 2.16. The molecule has 0 heterocycles. The third-order valence-electron chi connectivity index (χ3n) is 1.31. The SMILES string of the molecule is CC([NH3+])S.Cc1ccc(S(=O)(=O)[O-])cc1. The largest absolute Gasteiger partial charge is 0.744 e. The molecule has 1 rings (SSSR count). The number of rotatable bonds is 1. The summed E-state index contributed by atoms with van der Waals surface area (Å²) in [6.45, 7) is 3.74. The number of hydrogen-bond donors (Lipinski definition) is 2. The molecule has 0 aliphatic heterocycles. The number of thiol groups is 1. The van der Waals surface area contributed by atoms with Gasteiger partial charge in [0.25, 0.3) is 0 Å². The molecule has 0 saturated carbocycles. The molecule has 15 heavy (non-hydrogen) atoms. The molecular formula is C9H15NO3S2. The van der Waals surface area contributed by atoms with Crippen LogP contribution in [0.25, 0.3) is 0 Å².